The molecule has 0 aromatic carbocycles. The third-order valence-electron chi connectivity index (χ3n) is 0. The topological polar surface area (TPSA) is 707 Å². The van der Waals surface area contributed by atoms with E-state index in [2.05, 4.69) is 0 Å². The molecule has 13 N–H and O–H groups in total. The zero-order valence-corrected chi connectivity index (χ0v) is 32.3. The van der Waals surface area contributed by atoms with Crippen LogP contribution in [0.4, 0.5) is 0 Å². The zero-order valence-electron chi connectivity index (χ0n) is 18.5. The summed E-state index contributed by atoms with van der Waals surface area (Å²) in [5.41, 5.74) is 0. The third kappa shape index (κ3) is 4320. The van der Waals surface area contributed by atoms with Gasteiger partial charge in [0.25, 0.3) is 0 Å². The van der Waals surface area contributed by atoms with E-state index >= 15 is 0 Å². The predicted molar refractivity (Wildman–Crippen MR) is 85.2 cm³/mol. The molecule has 0 aromatic heterocycles. The minimum absolute atomic E-state index is 0. The van der Waals surface area contributed by atoms with Crippen LogP contribution in [0.15, 0.2) is 0 Å². The van der Waals surface area contributed by atoms with Gasteiger partial charge in [0, 0.05) is 0 Å². The second-order valence-corrected chi connectivity index (χ2v) is 6.71. The number of phosphoric acid groups is 5. The van der Waals surface area contributed by atoms with Gasteiger partial charge in [-0.3, -0.25) is 0 Å². The van der Waals surface area contributed by atoms with E-state index in [4.69, 9.17) is 96.2 Å². The second kappa shape index (κ2) is 75.6. The van der Waals surface area contributed by atoms with E-state index in [1.165, 1.54) is 0 Å². The van der Waals surface area contributed by atoms with Gasteiger partial charge in [0.1, 0.15) is 0 Å². The fourth-order valence-corrected chi connectivity index (χ4v) is 0. The van der Waals surface area contributed by atoms with Gasteiger partial charge in [-0.1, -0.05) is 0 Å². The second-order valence-electron chi connectivity index (χ2n) is 2.24. The molecule has 252 valence electrons. The van der Waals surface area contributed by atoms with Crippen molar-refractivity contribution in [2.75, 3.05) is 0 Å². The molecule has 4 radical (unpaired) electrons. The summed E-state index contributed by atoms with van der Waals surface area (Å²) in [6.07, 6.45) is 0. The van der Waals surface area contributed by atoms with E-state index < -0.39 is 39.1 Å². The van der Waals surface area contributed by atoms with Crippen molar-refractivity contribution < 1.29 is 214 Å². The summed E-state index contributed by atoms with van der Waals surface area (Å²) in [6.45, 7) is 0. The summed E-state index contributed by atoms with van der Waals surface area (Å²) >= 11 is 0. The van der Waals surface area contributed by atoms with Gasteiger partial charge in [0.05, 0.1) is 0 Å². The molecule has 0 aliphatic carbocycles. The summed E-state index contributed by atoms with van der Waals surface area (Å²) in [5.74, 6) is 0. The van der Waals surface area contributed by atoms with Gasteiger partial charge in [-0.05, 0) is 0 Å². The molecule has 0 aromatic rings. The molecule has 0 bridgehead atoms. The van der Waals surface area contributed by atoms with Gasteiger partial charge in [0.15, 0.2) is 0 Å². The van der Waals surface area contributed by atoms with Gasteiger partial charge in [-0.25, -0.2) is 0 Å². The van der Waals surface area contributed by atoms with Crippen molar-refractivity contribution in [1.82, 2.24) is 0 Å². The molecular weight excluding hydrogens is 947 g/mol. The molecule has 0 fully saturated rings. The van der Waals surface area contributed by atoms with E-state index in [9.17, 15) is 0 Å². The summed E-state index contributed by atoms with van der Waals surface area (Å²) in [6, 6.07) is 0. The Morgan fingerprint density at radius 3 is 0.238 bits per heavy atom. The molecule has 0 saturated carbocycles. The van der Waals surface area contributed by atoms with Crippen LogP contribution in [-0.4, -0.2) is 119 Å². The van der Waals surface area contributed by atoms with Crippen LogP contribution in [0.2, 0.25) is 0 Å². The van der Waals surface area contributed by atoms with Crippen molar-refractivity contribution in [3.63, 3.8) is 0 Å². The van der Waals surface area contributed by atoms with E-state index in [-0.39, 0.29) is 187 Å². The predicted octanol–water partition coefficient (Wildman–Crippen LogP) is -19.8. The fraction of sp³-hybridized carbons (Fsp3) is 0. The Kier molecular flexibility index (Phi) is 289. The summed E-state index contributed by atoms with van der Waals surface area (Å²) in [4.78, 5) is 128. The van der Waals surface area contributed by atoms with Crippen LogP contribution in [0.3, 0.4) is 0 Å². The maximum absolute atomic E-state index is 8.55. The van der Waals surface area contributed by atoms with Crippen molar-refractivity contribution in [3.05, 3.63) is 0 Å². The standard InChI is InChI=1S/4Al.4Mn.5H3O4P.9H2O/c;;;;;;;;5*1-5(2,3)4;;;;;;;;;/h;;;;;;;;5*(H3,1,2,3,4);9*1H2/q4*+3;4*+2;;;;;;;;;;;;;;/p-20. The molecule has 0 unspecified atom stereocenters. The van der Waals surface area contributed by atoms with E-state index in [1.54, 1.807) is 0 Å². The number of rotatable bonds is 0. The van der Waals surface area contributed by atoms with Crippen LogP contribution in [-0.2, 0) is 91.1 Å². The Labute approximate surface area is 319 Å². The van der Waals surface area contributed by atoms with Gasteiger partial charge >= 0.3 is 138 Å². The molecule has 0 spiro atoms. The molecule has 0 aliphatic heterocycles. The van der Waals surface area contributed by atoms with E-state index in [0.29, 0.717) is 0 Å². The molecule has 0 saturated heterocycles. The molecule has 42 heavy (non-hydrogen) atoms. The van der Waals surface area contributed by atoms with E-state index in [0.717, 1.165) is 0 Å². The first-order valence-electron chi connectivity index (χ1n) is 3.65. The first-order chi connectivity index (χ1) is 10.0. The minimum Gasteiger partial charge on any atom is -0.870 e. The van der Waals surface area contributed by atoms with Crippen LogP contribution < -0.4 is 73.4 Å². The van der Waals surface area contributed by atoms with Crippen LogP contribution in [0, 0.1) is 0 Å². The smallest absolute Gasteiger partial charge is 0.870 e. The molecule has 0 heterocycles. The molecule has 0 rings (SSSR count). The van der Waals surface area contributed by atoms with Crippen molar-refractivity contribution in [1.29, 1.82) is 0 Å². The zero-order chi connectivity index (χ0) is 22.5. The van der Waals surface area contributed by atoms with Crippen molar-refractivity contribution in [2.45, 2.75) is 0 Å². The molecule has 0 amide bonds. The number of hydrogen-bond donors (Lipinski definition) is 0. The summed E-state index contributed by atoms with van der Waals surface area (Å²) < 4.78 is 42.7. The Morgan fingerprint density at radius 2 is 0.238 bits per heavy atom. The molecule has 0 aliphatic rings. The normalized spacial score (nSPS) is 7.02. The van der Waals surface area contributed by atoms with Crippen molar-refractivity contribution >= 4 is 109 Å². The van der Waals surface area contributed by atoms with Gasteiger partial charge in [0.2, 0.25) is 0 Å². The molecular formula is H13Al4Mn4O29P5. The van der Waals surface area contributed by atoms with Gasteiger partial charge < -0.3 is 146 Å². The van der Waals surface area contributed by atoms with Crippen molar-refractivity contribution in [2.24, 2.45) is 0 Å². The Balaban J connectivity index is -0.00000000541. The SMILES string of the molecule is O.O.O.O.O=P([O-])([O-])[O-].O=P([O-])([O-])[O-].O=P([O-])([O-])[O-].O=P([O-])([O-])[O-].O=P([O-])([O-])[O-].[Al+3].[Al+3].[Al+3].[Al+3].[Mn+2].[Mn+2].[Mn+2].[Mn+2].[OH-].[OH-].[OH-].[OH-].[OH-]. The van der Waals surface area contributed by atoms with Crippen LogP contribution in [0.5, 0.6) is 0 Å². The average molecular weight is 960 g/mol. The van der Waals surface area contributed by atoms with E-state index in [1.807, 2.05) is 0 Å². The Morgan fingerprint density at radius 1 is 0.238 bits per heavy atom. The fourth-order valence-electron chi connectivity index (χ4n) is 0. The maximum atomic E-state index is 8.55. The molecule has 29 nitrogen and oxygen atoms in total. The Bertz CT molecular complexity index is 405. The third-order valence-corrected chi connectivity index (χ3v) is 0. The average Bonchev–Trinajstić information content (AvgIpc) is 1.79. The van der Waals surface area contributed by atoms with Gasteiger partial charge in [-0.15, -0.1) is 0 Å². The maximum Gasteiger partial charge on any atom is 3.00 e. The Hall–Kier alpha value is 4.40. The van der Waals surface area contributed by atoms with Crippen LogP contribution in [0.25, 0.3) is 0 Å². The molecule has 0 atom stereocenters. The van der Waals surface area contributed by atoms with Crippen molar-refractivity contribution in [3.8, 4) is 0 Å². The minimum atomic E-state index is -5.39. The number of hydrogen-bond acceptors (Lipinski definition) is 25. The first-order valence-corrected chi connectivity index (χ1v) is 11.0. The monoisotopic (exact) mass is 960 g/mol. The quantitative estimate of drug-likeness (QED) is 0.161. The first kappa shape index (κ1) is 161. The summed E-state index contributed by atoms with van der Waals surface area (Å²) in [7, 11) is -26.9. The van der Waals surface area contributed by atoms with Gasteiger partial charge in [-0.2, -0.15) is 39.1 Å². The largest absolute Gasteiger partial charge is 3.00 e. The molecule has 42 heteroatoms. The van der Waals surface area contributed by atoms with Crippen LogP contribution in [0.1, 0.15) is 0 Å². The van der Waals surface area contributed by atoms with Crippen LogP contribution >= 0.6 is 39.1 Å². The summed E-state index contributed by atoms with van der Waals surface area (Å²) in [5, 5.41) is 0.